The highest BCUT2D eigenvalue weighted by Gasteiger charge is 2.42. The zero-order valence-electron chi connectivity index (χ0n) is 30.0. The Morgan fingerprint density at radius 2 is 1.64 bits per heavy atom. The Labute approximate surface area is 303 Å². The third-order valence-corrected chi connectivity index (χ3v) is 12.9. The van der Waals surface area contributed by atoms with E-state index in [1.165, 1.54) is 51.4 Å². The van der Waals surface area contributed by atoms with Crippen LogP contribution in [0.4, 0.5) is 0 Å². The van der Waals surface area contributed by atoms with Crippen LogP contribution in [0.3, 0.4) is 0 Å². The van der Waals surface area contributed by atoms with Crippen molar-refractivity contribution in [3.8, 4) is 0 Å². The van der Waals surface area contributed by atoms with Crippen molar-refractivity contribution >= 4 is 29.2 Å². The van der Waals surface area contributed by atoms with Crippen LogP contribution in [0, 0.1) is 5.92 Å². The number of aliphatic imine (C=N–C) groups is 1. The summed E-state index contributed by atoms with van der Waals surface area (Å²) in [6.45, 7) is 6.26. The summed E-state index contributed by atoms with van der Waals surface area (Å²) in [7, 11) is 0. The zero-order chi connectivity index (χ0) is 34.3. The summed E-state index contributed by atoms with van der Waals surface area (Å²) in [5.41, 5.74) is 1.10. The van der Waals surface area contributed by atoms with Crippen molar-refractivity contribution in [1.82, 2.24) is 25.3 Å². The van der Waals surface area contributed by atoms with Gasteiger partial charge in [0.1, 0.15) is 12.1 Å². The van der Waals surface area contributed by atoms with E-state index >= 15 is 0 Å². The topological polar surface area (TPSA) is 89.5 Å². The number of piperidine rings is 1. The minimum absolute atomic E-state index is 0.0354. The van der Waals surface area contributed by atoms with Crippen molar-refractivity contribution < 1.29 is 14.3 Å². The Morgan fingerprint density at radius 3 is 2.36 bits per heavy atom. The lowest BCUT2D eigenvalue weighted by Gasteiger charge is -2.44. The van der Waals surface area contributed by atoms with Gasteiger partial charge < -0.3 is 30.1 Å². The molecule has 0 radical (unpaired) electrons. The molecule has 2 amide bonds. The monoisotopic (exact) mass is 702 g/mol. The number of carbonyl (C=O) groups is 2. The number of thiophene rings is 1. The second kappa shape index (κ2) is 17.0. The second-order valence-electron chi connectivity index (χ2n) is 15.5. The second-order valence-corrected chi connectivity index (χ2v) is 16.5. The van der Waals surface area contributed by atoms with Crippen LogP contribution in [0.15, 0.2) is 52.8 Å². The number of nitrogens with zero attached hydrogens (tertiary/aromatic N) is 4. The smallest absolute Gasteiger partial charge is 0.288 e. The molecule has 1 aromatic heterocycles. The van der Waals surface area contributed by atoms with Gasteiger partial charge in [-0.15, -0.1) is 11.3 Å². The minimum atomic E-state index is -0.627. The summed E-state index contributed by atoms with van der Waals surface area (Å²) in [4.78, 5) is 41.6. The number of rotatable bonds is 10. The molecular weight excluding hydrogens is 645 g/mol. The van der Waals surface area contributed by atoms with E-state index in [4.69, 9.17) is 9.73 Å². The normalized spacial score (nSPS) is 26.7. The Morgan fingerprint density at radius 1 is 0.900 bits per heavy atom. The minimum Gasteiger partial charge on any atom is -0.455 e. The predicted molar refractivity (Wildman–Crippen MR) is 200 cm³/mol. The molecule has 50 heavy (non-hydrogen) atoms. The number of benzene rings is 1. The molecular formula is C40H58N6O3S. The van der Waals surface area contributed by atoms with Crippen molar-refractivity contribution in [2.45, 2.75) is 133 Å². The highest BCUT2D eigenvalue weighted by Crippen LogP contribution is 2.32. The molecule has 2 aliphatic carbocycles. The van der Waals surface area contributed by atoms with E-state index < -0.39 is 6.04 Å². The molecule has 9 nitrogen and oxygen atoms in total. The van der Waals surface area contributed by atoms with E-state index in [0.29, 0.717) is 44.2 Å². The fourth-order valence-electron chi connectivity index (χ4n) is 9.11. The van der Waals surface area contributed by atoms with Crippen LogP contribution in [0.25, 0.3) is 0 Å². The highest BCUT2D eigenvalue weighted by molar-refractivity contribution is 7.09. The molecule has 10 heteroatoms. The fraction of sp³-hybridized carbons (Fsp3) is 0.675. The lowest BCUT2D eigenvalue weighted by atomic mass is 9.86. The van der Waals surface area contributed by atoms with Gasteiger partial charge in [0.05, 0.1) is 25.2 Å². The molecule has 2 saturated carbocycles. The van der Waals surface area contributed by atoms with Gasteiger partial charge in [0.15, 0.2) is 0 Å². The molecule has 7 rings (SSSR count). The number of ether oxygens (including phenoxy) is 1. The van der Waals surface area contributed by atoms with Crippen LogP contribution in [-0.2, 0) is 20.9 Å². The molecule has 4 heterocycles. The number of hydrogen-bond donors (Lipinski definition) is 2. The van der Waals surface area contributed by atoms with Crippen molar-refractivity contribution in [2.24, 2.45) is 10.9 Å². The maximum absolute atomic E-state index is 14.8. The van der Waals surface area contributed by atoms with Crippen molar-refractivity contribution in [3.63, 3.8) is 0 Å². The van der Waals surface area contributed by atoms with Crippen LogP contribution in [0.5, 0.6) is 0 Å². The van der Waals surface area contributed by atoms with Crippen LogP contribution < -0.4 is 10.6 Å². The molecule has 4 atom stereocenters. The average Bonchev–Trinajstić information content (AvgIpc) is 3.84. The Kier molecular flexibility index (Phi) is 12.1. The Bertz CT molecular complexity index is 1400. The van der Waals surface area contributed by atoms with Gasteiger partial charge in [-0.25, -0.2) is 4.99 Å². The molecule has 2 N–H and O–H groups in total. The summed E-state index contributed by atoms with van der Waals surface area (Å²) in [5.74, 6) is 0.496. The van der Waals surface area contributed by atoms with Gasteiger partial charge in [-0.05, 0) is 87.9 Å². The molecule has 1 aromatic carbocycles. The van der Waals surface area contributed by atoms with Gasteiger partial charge in [-0.2, -0.15) is 0 Å². The highest BCUT2D eigenvalue weighted by atomic mass is 32.1. The number of hydrogen-bond acceptors (Lipinski definition) is 8. The molecule has 2 saturated heterocycles. The average molecular weight is 703 g/mol. The summed E-state index contributed by atoms with van der Waals surface area (Å²) in [6.07, 6.45) is 15.8. The number of amides is 2. The van der Waals surface area contributed by atoms with Gasteiger partial charge in [0.25, 0.3) is 6.02 Å². The van der Waals surface area contributed by atoms with E-state index in [9.17, 15) is 9.59 Å². The van der Waals surface area contributed by atoms with Crippen LogP contribution >= 0.6 is 11.3 Å². The zero-order valence-corrected chi connectivity index (χ0v) is 30.8. The first-order chi connectivity index (χ1) is 24.5. The van der Waals surface area contributed by atoms with E-state index in [1.807, 2.05) is 40.6 Å². The standard InChI is InChI=1S/C40H58N6O3S/c1-29-37(31-12-5-2-6-13-31)49-40(42-29)45-23-24-46(36(28-45)38(47)41-27-34-18-11-25-50-34)39(48)35(43-32-14-7-3-8-15-32)26-30-19-21-44(22-20-30)33-16-9-4-10-17-33/h2,5-6,11-13,18,25,29-30,32-33,35-37,43H,3-4,7-10,14-17,19-24,26-28H2,1H3,(H,41,47)/t29-,35?,36-,37+/m0/s1. The fourth-order valence-corrected chi connectivity index (χ4v) is 9.75. The van der Waals surface area contributed by atoms with Gasteiger partial charge in [0, 0.05) is 30.1 Å². The SMILES string of the molecule is C[C@@H]1N=C(N2CCN(C(=O)C(CC3CCN(C4CCCCC4)CC3)NC3CCCCC3)[C@H](C(=O)NCc3cccs3)C2)O[C@H]1c1ccccc1. The predicted octanol–water partition coefficient (Wildman–Crippen LogP) is 6.12. The molecule has 5 aliphatic rings. The molecule has 4 fully saturated rings. The summed E-state index contributed by atoms with van der Waals surface area (Å²) in [6, 6.07) is 15.0. The number of piperazine rings is 1. The summed E-state index contributed by atoms with van der Waals surface area (Å²) < 4.78 is 6.47. The first-order valence-electron chi connectivity index (χ1n) is 19.7. The van der Waals surface area contributed by atoms with E-state index in [2.05, 4.69) is 39.5 Å². The molecule has 0 spiro atoms. The lowest BCUT2D eigenvalue weighted by Crippen LogP contribution is -2.64. The van der Waals surface area contributed by atoms with E-state index in [-0.39, 0.29) is 30.0 Å². The Balaban J connectivity index is 1.06. The quantitative estimate of drug-likeness (QED) is 0.311. The van der Waals surface area contributed by atoms with E-state index in [0.717, 1.165) is 61.7 Å². The maximum atomic E-state index is 14.8. The van der Waals surface area contributed by atoms with Gasteiger partial charge in [-0.1, -0.05) is 74.9 Å². The molecule has 1 unspecified atom stereocenters. The third-order valence-electron chi connectivity index (χ3n) is 12.0. The van der Waals surface area contributed by atoms with Crippen LogP contribution in [0.1, 0.15) is 107 Å². The molecule has 0 bridgehead atoms. The first-order valence-corrected chi connectivity index (χ1v) is 20.5. The number of nitrogens with one attached hydrogen (secondary N) is 2. The van der Waals surface area contributed by atoms with Crippen molar-refractivity contribution in [2.75, 3.05) is 32.7 Å². The van der Waals surface area contributed by atoms with Gasteiger partial charge in [-0.3, -0.25) is 9.59 Å². The van der Waals surface area contributed by atoms with Crippen molar-refractivity contribution in [3.05, 3.63) is 58.3 Å². The maximum Gasteiger partial charge on any atom is 0.288 e. The van der Waals surface area contributed by atoms with Gasteiger partial charge in [0.2, 0.25) is 11.8 Å². The first kappa shape index (κ1) is 35.5. The number of likely N-dealkylation sites (tertiary alicyclic amines) is 1. The molecule has 3 aliphatic heterocycles. The third kappa shape index (κ3) is 8.73. The van der Waals surface area contributed by atoms with Gasteiger partial charge >= 0.3 is 0 Å². The molecule has 272 valence electrons. The number of amidine groups is 1. The lowest BCUT2D eigenvalue weighted by molar-refractivity contribution is -0.145. The van der Waals surface area contributed by atoms with Crippen molar-refractivity contribution in [1.29, 1.82) is 0 Å². The largest absolute Gasteiger partial charge is 0.455 e. The Hall–Kier alpha value is -2.95. The number of carbonyl (C=O) groups excluding carboxylic acids is 2. The molecule has 2 aromatic rings. The summed E-state index contributed by atoms with van der Waals surface area (Å²) >= 11 is 1.63. The summed E-state index contributed by atoms with van der Waals surface area (Å²) in [5, 5.41) is 9.09. The van der Waals surface area contributed by atoms with Crippen LogP contribution in [0.2, 0.25) is 0 Å². The van der Waals surface area contributed by atoms with E-state index in [1.54, 1.807) is 11.3 Å². The van der Waals surface area contributed by atoms with Crippen LogP contribution in [-0.4, -0.2) is 95.5 Å².